The number of carbonyl (C=O) groups excluding carboxylic acids is 2. The van der Waals surface area contributed by atoms with Crippen LogP contribution < -0.4 is 15.6 Å². The minimum Gasteiger partial charge on any atom is -0.483 e. The van der Waals surface area contributed by atoms with Gasteiger partial charge in [-0.25, -0.2) is 0 Å². The zero-order chi connectivity index (χ0) is 15.9. The standard InChI is InChI=1S/C14H11Br2N3O3/c15-10-3-4-12(11(16)6-10)22-8-13(20)18-19-14(21)9-2-1-5-17-7-9/h1-7H,8H2,(H,18,20)(H,19,21). The van der Waals surface area contributed by atoms with Gasteiger partial charge in [-0.1, -0.05) is 15.9 Å². The third-order valence-electron chi connectivity index (χ3n) is 2.49. The van der Waals surface area contributed by atoms with E-state index in [2.05, 4.69) is 47.7 Å². The molecule has 0 spiro atoms. The average Bonchev–Trinajstić information content (AvgIpc) is 2.52. The summed E-state index contributed by atoms with van der Waals surface area (Å²) in [5, 5.41) is 0. The van der Waals surface area contributed by atoms with Crippen molar-refractivity contribution >= 4 is 43.7 Å². The highest BCUT2D eigenvalue weighted by atomic mass is 79.9. The number of nitrogens with zero attached hydrogens (tertiary/aromatic N) is 1. The second kappa shape index (κ2) is 7.90. The first-order chi connectivity index (χ1) is 10.6. The summed E-state index contributed by atoms with van der Waals surface area (Å²) in [6.07, 6.45) is 2.95. The molecule has 1 heterocycles. The number of nitrogens with one attached hydrogen (secondary N) is 2. The van der Waals surface area contributed by atoms with Crippen molar-refractivity contribution in [2.24, 2.45) is 0 Å². The van der Waals surface area contributed by atoms with Crippen molar-refractivity contribution in [1.29, 1.82) is 0 Å². The average molecular weight is 429 g/mol. The van der Waals surface area contributed by atoms with E-state index in [0.717, 1.165) is 4.47 Å². The van der Waals surface area contributed by atoms with E-state index in [-0.39, 0.29) is 6.61 Å². The molecule has 6 nitrogen and oxygen atoms in total. The van der Waals surface area contributed by atoms with Crippen molar-refractivity contribution in [1.82, 2.24) is 15.8 Å². The lowest BCUT2D eigenvalue weighted by atomic mass is 10.3. The van der Waals surface area contributed by atoms with Crippen molar-refractivity contribution in [3.63, 3.8) is 0 Å². The van der Waals surface area contributed by atoms with Gasteiger partial charge in [-0.15, -0.1) is 0 Å². The maximum atomic E-state index is 11.7. The lowest BCUT2D eigenvalue weighted by molar-refractivity contribution is -0.123. The van der Waals surface area contributed by atoms with E-state index < -0.39 is 11.8 Å². The second-order valence-electron chi connectivity index (χ2n) is 4.11. The zero-order valence-electron chi connectivity index (χ0n) is 11.2. The molecule has 22 heavy (non-hydrogen) atoms. The van der Waals surface area contributed by atoms with Crippen LogP contribution >= 0.6 is 31.9 Å². The van der Waals surface area contributed by atoms with E-state index in [1.54, 1.807) is 36.5 Å². The number of rotatable bonds is 4. The molecule has 0 aliphatic heterocycles. The maximum Gasteiger partial charge on any atom is 0.276 e. The predicted molar refractivity (Wildman–Crippen MR) is 87.2 cm³/mol. The van der Waals surface area contributed by atoms with Crippen LogP contribution in [-0.2, 0) is 4.79 Å². The molecular weight excluding hydrogens is 418 g/mol. The Morgan fingerprint density at radius 3 is 2.68 bits per heavy atom. The smallest absolute Gasteiger partial charge is 0.276 e. The molecule has 1 aromatic heterocycles. The van der Waals surface area contributed by atoms with E-state index >= 15 is 0 Å². The van der Waals surface area contributed by atoms with Crippen LogP contribution in [0.2, 0.25) is 0 Å². The van der Waals surface area contributed by atoms with Gasteiger partial charge in [0.25, 0.3) is 11.8 Å². The van der Waals surface area contributed by atoms with Gasteiger partial charge < -0.3 is 4.74 Å². The topological polar surface area (TPSA) is 80.3 Å². The summed E-state index contributed by atoms with van der Waals surface area (Å²) < 4.78 is 6.95. The molecule has 0 aliphatic rings. The zero-order valence-corrected chi connectivity index (χ0v) is 14.3. The van der Waals surface area contributed by atoms with Gasteiger partial charge in [-0.3, -0.25) is 25.4 Å². The Hall–Kier alpha value is -1.93. The van der Waals surface area contributed by atoms with E-state index in [9.17, 15) is 9.59 Å². The largest absolute Gasteiger partial charge is 0.483 e. The van der Waals surface area contributed by atoms with Gasteiger partial charge in [0.2, 0.25) is 0 Å². The van der Waals surface area contributed by atoms with Crippen LogP contribution in [0.3, 0.4) is 0 Å². The van der Waals surface area contributed by atoms with E-state index in [0.29, 0.717) is 15.8 Å². The Morgan fingerprint density at radius 1 is 1.18 bits per heavy atom. The summed E-state index contributed by atoms with van der Waals surface area (Å²) in [7, 11) is 0. The summed E-state index contributed by atoms with van der Waals surface area (Å²) in [5.41, 5.74) is 4.89. The van der Waals surface area contributed by atoms with Gasteiger partial charge in [0, 0.05) is 16.9 Å². The molecule has 2 aromatic rings. The maximum absolute atomic E-state index is 11.7. The number of pyridine rings is 1. The number of amides is 2. The number of carbonyl (C=O) groups is 2. The first-order valence-electron chi connectivity index (χ1n) is 6.13. The molecule has 8 heteroatoms. The summed E-state index contributed by atoms with van der Waals surface area (Å²) in [6, 6.07) is 8.53. The van der Waals surface area contributed by atoms with Crippen LogP contribution in [0.25, 0.3) is 0 Å². The Labute approximate surface area is 143 Å². The van der Waals surface area contributed by atoms with Crippen molar-refractivity contribution < 1.29 is 14.3 Å². The molecule has 0 unspecified atom stereocenters. The third-order valence-corrected chi connectivity index (χ3v) is 3.60. The van der Waals surface area contributed by atoms with Crippen molar-refractivity contribution in [3.05, 3.63) is 57.2 Å². The fourth-order valence-electron chi connectivity index (χ4n) is 1.47. The highest BCUT2D eigenvalue weighted by Gasteiger charge is 2.09. The van der Waals surface area contributed by atoms with Gasteiger partial charge in [-0.05, 0) is 46.3 Å². The molecule has 0 aliphatic carbocycles. The highest BCUT2D eigenvalue weighted by molar-refractivity contribution is 9.11. The normalized spacial score (nSPS) is 9.91. The van der Waals surface area contributed by atoms with E-state index in [4.69, 9.17) is 4.74 Å². The number of halogens is 2. The van der Waals surface area contributed by atoms with Crippen LogP contribution in [0.5, 0.6) is 5.75 Å². The Kier molecular flexibility index (Phi) is 5.91. The first-order valence-corrected chi connectivity index (χ1v) is 7.72. The molecule has 1 aromatic carbocycles. The lowest BCUT2D eigenvalue weighted by Crippen LogP contribution is -2.43. The molecule has 0 atom stereocenters. The van der Waals surface area contributed by atoms with Crippen molar-refractivity contribution in [2.75, 3.05) is 6.61 Å². The van der Waals surface area contributed by atoms with Crippen LogP contribution in [-0.4, -0.2) is 23.4 Å². The first kappa shape index (κ1) is 16.4. The van der Waals surface area contributed by atoms with Crippen LogP contribution in [0, 0.1) is 0 Å². The Bertz CT molecular complexity index is 680. The van der Waals surface area contributed by atoms with Crippen molar-refractivity contribution in [2.45, 2.75) is 0 Å². The fraction of sp³-hybridized carbons (Fsp3) is 0.0714. The molecule has 2 rings (SSSR count). The summed E-state index contributed by atoms with van der Waals surface area (Å²) in [4.78, 5) is 27.2. The third kappa shape index (κ3) is 4.81. The number of hydrogen-bond acceptors (Lipinski definition) is 4. The predicted octanol–water partition coefficient (Wildman–Crippen LogP) is 2.45. The minimum absolute atomic E-state index is 0.229. The number of ether oxygens (including phenoxy) is 1. The van der Waals surface area contributed by atoms with E-state index in [1.807, 2.05) is 0 Å². The number of hydrogen-bond donors (Lipinski definition) is 2. The van der Waals surface area contributed by atoms with Crippen LogP contribution in [0.4, 0.5) is 0 Å². The Morgan fingerprint density at radius 2 is 2.00 bits per heavy atom. The molecule has 2 amide bonds. The summed E-state index contributed by atoms with van der Waals surface area (Å²) in [6.45, 7) is -0.229. The molecule has 0 fully saturated rings. The van der Waals surface area contributed by atoms with Crippen LogP contribution in [0.1, 0.15) is 10.4 Å². The number of benzene rings is 1. The minimum atomic E-state index is -0.480. The van der Waals surface area contributed by atoms with Crippen molar-refractivity contribution in [3.8, 4) is 5.75 Å². The SMILES string of the molecule is O=C(COc1ccc(Br)cc1Br)NNC(=O)c1cccnc1. The molecule has 0 bridgehead atoms. The highest BCUT2D eigenvalue weighted by Crippen LogP contribution is 2.27. The number of aromatic nitrogens is 1. The molecule has 2 N–H and O–H groups in total. The molecular formula is C14H11Br2N3O3. The quantitative estimate of drug-likeness (QED) is 0.733. The molecule has 0 saturated heterocycles. The molecule has 0 saturated carbocycles. The monoisotopic (exact) mass is 427 g/mol. The van der Waals surface area contributed by atoms with Gasteiger partial charge in [0.05, 0.1) is 10.0 Å². The van der Waals surface area contributed by atoms with Gasteiger partial charge in [0.1, 0.15) is 5.75 Å². The van der Waals surface area contributed by atoms with E-state index in [1.165, 1.54) is 6.20 Å². The van der Waals surface area contributed by atoms with Gasteiger partial charge in [-0.2, -0.15) is 0 Å². The van der Waals surface area contributed by atoms with Gasteiger partial charge >= 0.3 is 0 Å². The number of hydrazine groups is 1. The summed E-state index contributed by atoms with van der Waals surface area (Å²) in [5.74, 6) is -0.407. The molecule has 0 radical (unpaired) electrons. The fourth-order valence-corrected chi connectivity index (χ4v) is 2.63. The van der Waals surface area contributed by atoms with Crippen LogP contribution in [0.15, 0.2) is 51.7 Å². The summed E-state index contributed by atoms with van der Waals surface area (Å²) >= 11 is 6.65. The Balaban J connectivity index is 1.80. The molecule has 114 valence electrons. The van der Waals surface area contributed by atoms with Gasteiger partial charge in [0.15, 0.2) is 6.61 Å². The lowest BCUT2D eigenvalue weighted by Gasteiger charge is -2.10. The second-order valence-corrected chi connectivity index (χ2v) is 5.88.